The van der Waals surface area contributed by atoms with Crippen LogP contribution >= 0.6 is 0 Å². The van der Waals surface area contributed by atoms with Gasteiger partial charge in [-0.15, -0.1) is 0 Å². The Morgan fingerprint density at radius 2 is 1.92 bits per heavy atom. The maximum absolute atomic E-state index is 13.9. The zero-order valence-corrected chi connectivity index (χ0v) is 14.1. The topological polar surface area (TPSA) is 55.8 Å². The van der Waals surface area contributed by atoms with Crippen LogP contribution in [0.3, 0.4) is 0 Å². The predicted octanol–water partition coefficient (Wildman–Crippen LogP) is 3.87. The molecular weight excluding hydrogens is 344 g/mol. The fourth-order valence-corrected chi connectivity index (χ4v) is 2.31. The van der Waals surface area contributed by atoms with Crippen molar-refractivity contribution in [2.45, 2.75) is 38.5 Å². The number of hydrogen-bond donors (Lipinski definition) is 1. The number of carbonyl (C=O) groups is 1. The lowest BCUT2D eigenvalue weighted by molar-refractivity contribution is -0.260. The van der Waals surface area contributed by atoms with Gasteiger partial charge in [0.2, 0.25) is 0 Å². The Morgan fingerprint density at radius 1 is 1.28 bits per heavy atom. The molecule has 0 radical (unpaired) electrons. The Balaban J connectivity index is 3.43. The summed E-state index contributed by atoms with van der Waals surface area (Å²) in [6, 6.07) is 3.74. The monoisotopic (exact) mass is 364 g/mol. The van der Waals surface area contributed by atoms with Crippen LogP contribution in [0.25, 0.3) is 5.57 Å². The molecule has 0 fully saturated rings. The number of methoxy groups -OCH3 is 1. The number of benzene rings is 1. The van der Waals surface area contributed by atoms with E-state index in [1.54, 1.807) is 6.92 Å². The standard InChI is InChI=1S/C17H20F4O4/c1-4-7-11(12-8-6-9-13(18)14(12)24-3)10-16(23,17(19,20)21)15(22)25-5-2/h6-9,23H,4-5,10H2,1-3H3. The van der Waals surface area contributed by atoms with Crippen molar-refractivity contribution in [2.75, 3.05) is 13.7 Å². The summed E-state index contributed by atoms with van der Waals surface area (Å²) in [5.74, 6) is -2.84. The Kier molecular flexibility index (Phi) is 6.98. The fourth-order valence-electron chi connectivity index (χ4n) is 2.31. The molecule has 0 spiro atoms. The largest absolute Gasteiger partial charge is 0.493 e. The van der Waals surface area contributed by atoms with Gasteiger partial charge in [0, 0.05) is 12.0 Å². The Hall–Kier alpha value is -2.09. The van der Waals surface area contributed by atoms with Gasteiger partial charge in [0.1, 0.15) is 0 Å². The lowest BCUT2D eigenvalue weighted by Gasteiger charge is -2.29. The molecule has 1 aromatic carbocycles. The molecule has 1 aromatic rings. The van der Waals surface area contributed by atoms with Gasteiger partial charge < -0.3 is 14.6 Å². The van der Waals surface area contributed by atoms with E-state index in [2.05, 4.69) is 4.74 Å². The van der Waals surface area contributed by atoms with Gasteiger partial charge >= 0.3 is 12.1 Å². The number of esters is 1. The third-order valence-electron chi connectivity index (χ3n) is 3.50. The molecule has 0 amide bonds. The molecule has 1 atom stereocenters. The van der Waals surface area contributed by atoms with Crippen LogP contribution in [0.1, 0.15) is 32.3 Å². The van der Waals surface area contributed by atoms with E-state index >= 15 is 0 Å². The van der Waals surface area contributed by atoms with E-state index in [1.165, 1.54) is 32.2 Å². The molecule has 0 aliphatic heterocycles. The Labute approximate surface area is 143 Å². The smallest absolute Gasteiger partial charge is 0.428 e. The second-order valence-corrected chi connectivity index (χ2v) is 5.21. The number of rotatable bonds is 7. The lowest BCUT2D eigenvalue weighted by Crippen LogP contribution is -2.53. The van der Waals surface area contributed by atoms with E-state index in [0.717, 1.165) is 6.07 Å². The van der Waals surface area contributed by atoms with Crippen molar-refractivity contribution in [1.29, 1.82) is 0 Å². The lowest BCUT2D eigenvalue weighted by atomic mass is 9.88. The summed E-state index contributed by atoms with van der Waals surface area (Å²) in [4.78, 5) is 11.8. The van der Waals surface area contributed by atoms with Crippen molar-refractivity contribution >= 4 is 11.5 Å². The summed E-state index contributed by atoms with van der Waals surface area (Å²) in [5.41, 5.74) is -3.80. The van der Waals surface area contributed by atoms with Gasteiger partial charge in [-0.25, -0.2) is 9.18 Å². The Morgan fingerprint density at radius 3 is 2.40 bits per heavy atom. The molecule has 0 saturated carbocycles. The summed E-state index contributed by atoms with van der Waals surface area (Å²) in [6.07, 6.45) is -4.73. The summed E-state index contributed by atoms with van der Waals surface area (Å²) in [5, 5.41) is 10.1. The Bertz CT molecular complexity index is 640. The van der Waals surface area contributed by atoms with Crippen LogP contribution in [0, 0.1) is 5.82 Å². The number of allylic oxidation sites excluding steroid dienone is 1. The molecule has 1 unspecified atom stereocenters. The van der Waals surface area contributed by atoms with Crippen LogP contribution in [0.4, 0.5) is 17.6 Å². The van der Waals surface area contributed by atoms with E-state index in [4.69, 9.17) is 4.74 Å². The first kappa shape index (κ1) is 21.0. The van der Waals surface area contributed by atoms with E-state index in [-0.39, 0.29) is 23.5 Å². The minimum atomic E-state index is -5.27. The maximum atomic E-state index is 13.9. The zero-order valence-electron chi connectivity index (χ0n) is 14.1. The molecule has 25 heavy (non-hydrogen) atoms. The molecule has 140 valence electrons. The van der Waals surface area contributed by atoms with Gasteiger partial charge in [0.05, 0.1) is 13.7 Å². The van der Waals surface area contributed by atoms with Crippen LogP contribution in [-0.2, 0) is 9.53 Å². The number of hydrogen-bond acceptors (Lipinski definition) is 4. The average molecular weight is 364 g/mol. The SMILES string of the molecule is CCC=C(CC(O)(C(=O)OCC)C(F)(F)F)c1cccc(F)c1OC. The quantitative estimate of drug-likeness (QED) is 0.589. The van der Waals surface area contributed by atoms with Crippen molar-refractivity contribution in [3.05, 3.63) is 35.7 Å². The highest BCUT2D eigenvalue weighted by Gasteiger charge is 2.61. The second kappa shape index (κ2) is 8.33. The molecule has 0 heterocycles. The molecule has 0 saturated heterocycles. The van der Waals surface area contributed by atoms with Gasteiger partial charge in [-0.2, -0.15) is 13.2 Å². The van der Waals surface area contributed by atoms with Crippen molar-refractivity contribution < 1.29 is 36.9 Å². The summed E-state index contributed by atoms with van der Waals surface area (Å²) >= 11 is 0. The molecule has 0 aliphatic carbocycles. The van der Waals surface area contributed by atoms with Gasteiger partial charge in [0.25, 0.3) is 5.60 Å². The third kappa shape index (κ3) is 4.50. The van der Waals surface area contributed by atoms with Crippen molar-refractivity contribution in [3.63, 3.8) is 0 Å². The maximum Gasteiger partial charge on any atom is 0.428 e. The average Bonchev–Trinajstić information content (AvgIpc) is 2.53. The number of alkyl halides is 3. The molecule has 0 bridgehead atoms. The summed E-state index contributed by atoms with van der Waals surface area (Å²) in [6.45, 7) is 2.66. The number of ether oxygens (including phenoxy) is 2. The van der Waals surface area contributed by atoms with E-state index < -0.39 is 30.0 Å². The van der Waals surface area contributed by atoms with Gasteiger partial charge in [-0.3, -0.25) is 0 Å². The van der Waals surface area contributed by atoms with Crippen LogP contribution in [0.2, 0.25) is 0 Å². The number of carbonyl (C=O) groups excluding carboxylic acids is 1. The first-order chi connectivity index (χ1) is 11.6. The third-order valence-corrected chi connectivity index (χ3v) is 3.50. The van der Waals surface area contributed by atoms with Crippen LogP contribution in [-0.4, -0.2) is 36.6 Å². The van der Waals surface area contributed by atoms with Crippen LogP contribution in [0.15, 0.2) is 24.3 Å². The van der Waals surface area contributed by atoms with Crippen molar-refractivity contribution in [3.8, 4) is 5.75 Å². The predicted molar refractivity (Wildman–Crippen MR) is 83.5 cm³/mol. The highest BCUT2D eigenvalue weighted by Crippen LogP contribution is 2.41. The van der Waals surface area contributed by atoms with Crippen molar-refractivity contribution in [2.24, 2.45) is 0 Å². The van der Waals surface area contributed by atoms with Crippen molar-refractivity contribution in [1.82, 2.24) is 0 Å². The molecular formula is C17H20F4O4. The van der Waals surface area contributed by atoms with Crippen LogP contribution in [0.5, 0.6) is 5.75 Å². The van der Waals surface area contributed by atoms with E-state index in [9.17, 15) is 27.5 Å². The van der Waals surface area contributed by atoms with E-state index in [0.29, 0.717) is 6.42 Å². The minimum Gasteiger partial charge on any atom is -0.493 e. The number of halogens is 4. The summed E-state index contributed by atoms with van der Waals surface area (Å²) in [7, 11) is 1.17. The fraction of sp³-hybridized carbons (Fsp3) is 0.471. The van der Waals surface area contributed by atoms with Gasteiger partial charge in [-0.1, -0.05) is 25.1 Å². The first-order valence-corrected chi connectivity index (χ1v) is 7.60. The van der Waals surface area contributed by atoms with E-state index in [1.807, 2.05) is 0 Å². The number of para-hydroxylation sites is 1. The van der Waals surface area contributed by atoms with Gasteiger partial charge in [0.15, 0.2) is 11.6 Å². The van der Waals surface area contributed by atoms with Crippen LogP contribution < -0.4 is 4.74 Å². The molecule has 1 rings (SSSR count). The first-order valence-electron chi connectivity index (χ1n) is 7.60. The second-order valence-electron chi connectivity index (χ2n) is 5.21. The molecule has 4 nitrogen and oxygen atoms in total. The minimum absolute atomic E-state index is 0.0244. The molecule has 1 N–H and O–H groups in total. The molecule has 8 heteroatoms. The summed E-state index contributed by atoms with van der Waals surface area (Å²) < 4.78 is 63.3. The normalized spacial score (nSPS) is 14.8. The molecule has 0 aromatic heterocycles. The highest BCUT2D eigenvalue weighted by atomic mass is 19.4. The highest BCUT2D eigenvalue weighted by molar-refractivity contribution is 5.84. The zero-order chi connectivity index (χ0) is 19.3. The number of aliphatic hydroxyl groups is 1. The van der Waals surface area contributed by atoms with Gasteiger partial charge in [-0.05, 0) is 25.0 Å². The molecule has 0 aliphatic rings.